The van der Waals surface area contributed by atoms with Gasteiger partial charge >= 0.3 is 0 Å². The van der Waals surface area contributed by atoms with E-state index >= 15 is 0 Å². The number of sulfonamides is 1. The molecular weight excluding hydrogens is 373 g/mol. The van der Waals surface area contributed by atoms with E-state index in [0.29, 0.717) is 10.6 Å². The van der Waals surface area contributed by atoms with Crippen LogP contribution >= 0.6 is 11.6 Å². The van der Waals surface area contributed by atoms with Crippen molar-refractivity contribution >= 4 is 21.6 Å². The maximum Gasteiger partial charge on any atom is 0.243 e. The Labute approximate surface area is 157 Å². The highest BCUT2D eigenvalue weighted by atomic mass is 35.5. The van der Waals surface area contributed by atoms with Crippen LogP contribution in [0.3, 0.4) is 0 Å². The number of nitrogens with zero attached hydrogens (tertiary/aromatic N) is 1. The van der Waals surface area contributed by atoms with Gasteiger partial charge in [-0.15, -0.1) is 0 Å². The van der Waals surface area contributed by atoms with Crippen molar-refractivity contribution in [3.05, 3.63) is 101 Å². The van der Waals surface area contributed by atoms with E-state index in [1.54, 1.807) is 12.1 Å². The number of benzene rings is 3. The molecule has 0 heterocycles. The van der Waals surface area contributed by atoms with Gasteiger partial charge in [-0.3, -0.25) is 0 Å². The van der Waals surface area contributed by atoms with Crippen LogP contribution in [0, 0.1) is 5.82 Å². The van der Waals surface area contributed by atoms with Gasteiger partial charge in [0.2, 0.25) is 10.0 Å². The van der Waals surface area contributed by atoms with Gasteiger partial charge in [0.25, 0.3) is 0 Å². The van der Waals surface area contributed by atoms with Crippen LogP contribution in [0.5, 0.6) is 0 Å². The molecule has 0 aromatic heterocycles. The molecule has 0 saturated carbocycles. The summed E-state index contributed by atoms with van der Waals surface area (Å²) in [4.78, 5) is 0.146. The van der Waals surface area contributed by atoms with Gasteiger partial charge in [0.05, 0.1) is 10.9 Å². The maximum atomic E-state index is 13.3. The Morgan fingerprint density at radius 3 is 1.96 bits per heavy atom. The lowest BCUT2D eigenvalue weighted by Gasteiger charge is -2.28. The first kappa shape index (κ1) is 18.6. The molecule has 0 saturated heterocycles. The average molecular weight is 390 g/mol. The van der Waals surface area contributed by atoms with Crippen molar-refractivity contribution in [3.8, 4) is 0 Å². The van der Waals surface area contributed by atoms with Crippen LogP contribution in [0.4, 0.5) is 4.39 Å². The van der Waals surface area contributed by atoms with E-state index in [2.05, 4.69) is 0 Å². The Kier molecular flexibility index (Phi) is 5.41. The second-order valence-corrected chi connectivity index (χ2v) is 8.27. The van der Waals surface area contributed by atoms with Crippen LogP contribution in [-0.4, -0.2) is 19.8 Å². The summed E-state index contributed by atoms with van der Waals surface area (Å²) in [5, 5.41) is 0.463. The predicted molar refractivity (Wildman–Crippen MR) is 101 cm³/mol. The first-order chi connectivity index (χ1) is 12.4. The van der Waals surface area contributed by atoms with E-state index in [1.807, 2.05) is 30.3 Å². The van der Waals surface area contributed by atoms with Gasteiger partial charge in [-0.25, -0.2) is 12.8 Å². The fourth-order valence-corrected chi connectivity index (χ4v) is 4.26. The first-order valence-electron chi connectivity index (χ1n) is 7.93. The van der Waals surface area contributed by atoms with Crippen molar-refractivity contribution in [1.82, 2.24) is 4.31 Å². The Bertz CT molecular complexity index is 975. The summed E-state index contributed by atoms with van der Waals surface area (Å²) in [5.74, 6) is -0.372. The molecule has 0 spiro atoms. The quantitative estimate of drug-likeness (QED) is 0.623. The molecule has 134 valence electrons. The lowest BCUT2D eigenvalue weighted by atomic mass is 9.99. The smallest absolute Gasteiger partial charge is 0.207 e. The zero-order valence-corrected chi connectivity index (χ0v) is 15.6. The monoisotopic (exact) mass is 389 g/mol. The standard InChI is InChI=1S/C20H17ClFNO2S/c1-23(26(24,25)19-13-9-17(21)10-14-19)20(15-5-3-2-4-6-15)16-7-11-18(22)12-8-16/h2-14,20H,1H3. The van der Waals surface area contributed by atoms with Crippen LogP contribution in [0.15, 0.2) is 83.8 Å². The van der Waals surface area contributed by atoms with Gasteiger partial charge in [0.15, 0.2) is 0 Å². The van der Waals surface area contributed by atoms with Crippen molar-refractivity contribution in [2.24, 2.45) is 0 Å². The average Bonchev–Trinajstić information content (AvgIpc) is 2.64. The van der Waals surface area contributed by atoms with E-state index in [9.17, 15) is 12.8 Å². The molecule has 0 radical (unpaired) electrons. The molecule has 3 aromatic rings. The SMILES string of the molecule is CN(C(c1ccccc1)c1ccc(F)cc1)S(=O)(=O)c1ccc(Cl)cc1. The number of hydrogen-bond acceptors (Lipinski definition) is 2. The van der Waals surface area contributed by atoms with Gasteiger partial charge in [0, 0.05) is 12.1 Å². The highest BCUT2D eigenvalue weighted by Gasteiger charge is 2.30. The summed E-state index contributed by atoms with van der Waals surface area (Å²) in [6.07, 6.45) is 0. The summed E-state index contributed by atoms with van der Waals surface area (Å²) in [7, 11) is -2.26. The Morgan fingerprint density at radius 2 is 1.38 bits per heavy atom. The molecule has 0 amide bonds. The van der Waals surface area contributed by atoms with Gasteiger partial charge in [-0.05, 0) is 47.5 Å². The molecule has 0 aliphatic carbocycles. The largest absolute Gasteiger partial charge is 0.243 e. The Morgan fingerprint density at radius 1 is 0.846 bits per heavy atom. The molecule has 0 aliphatic rings. The minimum atomic E-state index is -3.78. The van der Waals surface area contributed by atoms with Crippen molar-refractivity contribution in [1.29, 1.82) is 0 Å². The summed E-state index contributed by atoms with van der Waals surface area (Å²) < 4.78 is 40.9. The summed E-state index contributed by atoms with van der Waals surface area (Å²) in [5.41, 5.74) is 1.47. The predicted octanol–water partition coefficient (Wildman–Crippen LogP) is 4.89. The summed E-state index contributed by atoms with van der Waals surface area (Å²) >= 11 is 5.87. The molecule has 0 N–H and O–H groups in total. The molecule has 0 bridgehead atoms. The molecule has 3 nitrogen and oxygen atoms in total. The van der Waals surface area contributed by atoms with Crippen LogP contribution in [0.25, 0.3) is 0 Å². The van der Waals surface area contributed by atoms with Crippen LogP contribution in [0.1, 0.15) is 17.2 Å². The topological polar surface area (TPSA) is 37.4 Å². The fourth-order valence-electron chi connectivity index (χ4n) is 2.80. The van der Waals surface area contributed by atoms with Crippen LogP contribution < -0.4 is 0 Å². The fraction of sp³-hybridized carbons (Fsp3) is 0.100. The number of halogens is 2. The first-order valence-corrected chi connectivity index (χ1v) is 9.75. The van der Waals surface area contributed by atoms with Crippen molar-refractivity contribution in [2.75, 3.05) is 7.05 Å². The lowest BCUT2D eigenvalue weighted by Crippen LogP contribution is -2.32. The van der Waals surface area contributed by atoms with Crippen LogP contribution in [0.2, 0.25) is 5.02 Å². The van der Waals surface area contributed by atoms with Gasteiger partial charge in [-0.1, -0.05) is 54.1 Å². The zero-order chi connectivity index (χ0) is 18.7. The maximum absolute atomic E-state index is 13.3. The Hall–Kier alpha value is -2.21. The molecule has 1 atom stereocenters. The second-order valence-electron chi connectivity index (χ2n) is 5.84. The Balaban J connectivity index is 2.09. The third-order valence-electron chi connectivity index (χ3n) is 4.16. The number of rotatable bonds is 5. The van der Waals surface area contributed by atoms with Gasteiger partial charge in [-0.2, -0.15) is 4.31 Å². The third-order valence-corrected chi connectivity index (χ3v) is 6.24. The van der Waals surface area contributed by atoms with Crippen molar-refractivity contribution in [2.45, 2.75) is 10.9 Å². The van der Waals surface area contributed by atoms with E-state index in [-0.39, 0.29) is 10.7 Å². The second kappa shape index (κ2) is 7.58. The highest BCUT2D eigenvalue weighted by Crippen LogP contribution is 2.32. The van der Waals surface area contributed by atoms with Gasteiger partial charge in [0.1, 0.15) is 5.82 Å². The van der Waals surface area contributed by atoms with Crippen LogP contribution in [-0.2, 0) is 10.0 Å². The molecule has 0 fully saturated rings. The van der Waals surface area contributed by atoms with E-state index in [4.69, 9.17) is 11.6 Å². The molecule has 3 rings (SSSR count). The summed E-state index contributed by atoms with van der Waals surface area (Å²) in [6, 6.07) is 20.5. The van der Waals surface area contributed by atoms with E-state index < -0.39 is 16.1 Å². The van der Waals surface area contributed by atoms with E-state index in [1.165, 1.54) is 47.8 Å². The lowest BCUT2D eigenvalue weighted by molar-refractivity contribution is 0.417. The van der Waals surface area contributed by atoms with Crippen molar-refractivity contribution < 1.29 is 12.8 Å². The molecule has 1 unspecified atom stereocenters. The van der Waals surface area contributed by atoms with Crippen molar-refractivity contribution in [3.63, 3.8) is 0 Å². The minimum Gasteiger partial charge on any atom is -0.207 e. The third kappa shape index (κ3) is 3.80. The molecule has 0 aliphatic heterocycles. The zero-order valence-electron chi connectivity index (χ0n) is 14.0. The molecule has 3 aromatic carbocycles. The molecular formula is C20H17ClFNO2S. The number of hydrogen-bond donors (Lipinski definition) is 0. The van der Waals surface area contributed by atoms with E-state index in [0.717, 1.165) is 5.56 Å². The molecule has 6 heteroatoms. The van der Waals surface area contributed by atoms with Gasteiger partial charge < -0.3 is 0 Å². The molecule has 26 heavy (non-hydrogen) atoms. The summed E-state index contributed by atoms with van der Waals surface area (Å²) in [6.45, 7) is 0. The highest BCUT2D eigenvalue weighted by molar-refractivity contribution is 7.89. The normalized spacial score (nSPS) is 12.9. The minimum absolute atomic E-state index is 0.146.